The maximum absolute atomic E-state index is 10.4. The van der Waals surface area contributed by atoms with Crippen molar-refractivity contribution in [1.82, 2.24) is 0 Å². The molecule has 3 rings (SSSR count). The van der Waals surface area contributed by atoms with Crippen LogP contribution in [0.1, 0.15) is 92.7 Å². The highest BCUT2D eigenvalue weighted by Crippen LogP contribution is 2.42. The molecule has 2 aliphatic rings. The summed E-state index contributed by atoms with van der Waals surface area (Å²) in [6.07, 6.45) is 13.4. The second-order valence-corrected chi connectivity index (χ2v) is 6.94. The lowest BCUT2D eigenvalue weighted by Crippen LogP contribution is -2.09. The molecule has 0 amide bonds. The number of phenolic OH excluding ortho intramolecular Hbond substituents is 1. The van der Waals surface area contributed by atoms with Gasteiger partial charge in [-0.25, -0.2) is 0 Å². The number of phenols is 1. The summed E-state index contributed by atoms with van der Waals surface area (Å²) < 4.78 is 0. The molecule has 2 aliphatic carbocycles. The number of rotatable bonds is 2. The van der Waals surface area contributed by atoms with Gasteiger partial charge < -0.3 is 5.11 Å². The Labute approximate surface area is 123 Å². The van der Waals surface area contributed by atoms with Gasteiger partial charge >= 0.3 is 0 Å². The molecule has 1 heteroatoms. The van der Waals surface area contributed by atoms with E-state index in [1.807, 2.05) is 6.07 Å². The summed E-state index contributed by atoms with van der Waals surface area (Å²) in [6, 6.07) is 4.41. The zero-order valence-electron chi connectivity index (χ0n) is 12.8. The third kappa shape index (κ3) is 2.87. The molecule has 2 fully saturated rings. The summed E-state index contributed by atoms with van der Waals surface area (Å²) in [7, 11) is 0. The van der Waals surface area contributed by atoms with Crippen molar-refractivity contribution in [3.63, 3.8) is 0 Å². The topological polar surface area (TPSA) is 20.2 Å². The van der Waals surface area contributed by atoms with Crippen LogP contribution in [0.15, 0.2) is 12.1 Å². The smallest absolute Gasteiger partial charge is 0.119 e. The number of hydrogen-bond acceptors (Lipinski definition) is 1. The molecule has 0 atom stereocenters. The van der Waals surface area contributed by atoms with Crippen molar-refractivity contribution in [1.29, 1.82) is 0 Å². The van der Waals surface area contributed by atoms with Gasteiger partial charge in [0.05, 0.1) is 0 Å². The van der Waals surface area contributed by atoms with Gasteiger partial charge in [0.2, 0.25) is 0 Å². The van der Waals surface area contributed by atoms with Gasteiger partial charge in [-0.2, -0.15) is 0 Å². The summed E-state index contributed by atoms with van der Waals surface area (Å²) in [4.78, 5) is 0. The number of hydrogen-bond donors (Lipinski definition) is 1. The average molecular weight is 272 g/mol. The molecule has 0 unspecified atom stereocenters. The van der Waals surface area contributed by atoms with E-state index < -0.39 is 0 Å². The fourth-order valence-electron chi connectivity index (χ4n) is 4.32. The second-order valence-electron chi connectivity index (χ2n) is 6.94. The molecular formula is C19H28O. The van der Waals surface area contributed by atoms with Crippen LogP contribution in [0.5, 0.6) is 5.75 Å². The van der Waals surface area contributed by atoms with E-state index in [4.69, 9.17) is 0 Å². The highest BCUT2D eigenvalue weighted by Gasteiger charge is 2.23. The van der Waals surface area contributed by atoms with Crippen molar-refractivity contribution in [2.24, 2.45) is 0 Å². The number of aryl methyl sites for hydroxylation is 1. The molecule has 0 aromatic heterocycles. The fourth-order valence-corrected chi connectivity index (χ4v) is 4.32. The van der Waals surface area contributed by atoms with Crippen LogP contribution in [0.25, 0.3) is 0 Å². The summed E-state index contributed by atoms with van der Waals surface area (Å²) in [5.74, 6) is 1.90. The molecule has 0 spiro atoms. The first-order valence-corrected chi connectivity index (χ1v) is 8.59. The molecule has 0 radical (unpaired) electrons. The Bertz CT molecular complexity index is 412. The van der Waals surface area contributed by atoms with Gasteiger partial charge in [0.15, 0.2) is 0 Å². The molecule has 1 N–H and O–H groups in total. The summed E-state index contributed by atoms with van der Waals surface area (Å²) >= 11 is 0. The predicted molar refractivity (Wildman–Crippen MR) is 84.5 cm³/mol. The lowest BCUT2D eigenvalue weighted by Gasteiger charge is -2.27. The van der Waals surface area contributed by atoms with E-state index >= 15 is 0 Å². The Kier molecular flexibility index (Phi) is 4.33. The van der Waals surface area contributed by atoms with Crippen molar-refractivity contribution in [2.45, 2.75) is 83.0 Å². The Balaban J connectivity index is 1.89. The van der Waals surface area contributed by atoms with Crippen LogP contribution in [-0.2, 0) is 0 Å². The van der Waals surface area contributed by atoms with Crippen molar-refractivity contribution >= 4 is 0 Å². The van der Waals surface area contributed by atoms with Gasteiger partial charge in [0.25, 0.3) is 0 Å². The first kappa shape index (κ1) is 14.0. The second kappa shape index (κ2) is 6.20. The van der Waals surface area contributed by atoms with Gasteiger partial charge in [-0.1, -0.05) is 44.6 Å². The van der Waals surface area contributed by atoms with Crippen LogP contribution in [0.4, 0.5) is 0 Å². The summed E-state index contributed by atoms with van der Waals surface area (Å²) in [6.45, 7) is 2.17. The minimum atomic E-state index is 0.550. The standard InChI is InChI=1S/C19H28O/c1-14-12-19(20)18(16-10-6-3-7-11-16)13-17(14)15-8-4-2-5-9-15/h12-13,15-16,20H,2-11H2,1H3. The average Bonchev–Trinajstić information content (AvgIpc) is 2.49. The summed E-state index contributed by atoms with van der Waals surface area (Å²) in [5.41, 5.74) is 4.08. The van der Waals surface area contributed by atoms with Crippen molar-refractivity contribution in [3.05, 3.63) is 28.8 Å². The van der Waals surface area contributed by atoms with Crippen LogP contribution >= 0.6 is 0 Å². The minimum Gasteiger partial charge on any atom is -0.508 e. The SMILES string of the molecule is Cc1cc(O)c(C2CCCCC2)cc1C1CCCCC1. The predicted octanol–water partition coefficient (Wildman–Crippen LogP) is 5.80. The van der Waals surface area contributed by atoms with E-state index in [-0.39, 0.29) is 0 Å². The molecule has 0 bridgehead atoms. The highest BCUT2D eigenvalue weighted by molar-refractivity contribution is 5.45. The molecule has 1 nitrogen and oxygen atoms in total. The molecule has 20 heavy (non-hydrogen) atoms. The monoisotopic (exact) mass is 272 g/mol. The van der Waals surface area contributed by atoms with E-state index in [0.29, 0.717) is 11.7 Å². The zero-order valence-corrected chi connectivity index (χ0v) is 12.8. The van der Waals surface area contributed by atoms with Crippen LogP contribution in [-0.4, -0.2) is 5.11 Å². The van der Waals surface area contributed by atoms with Crippen LogP contribution in [0.3, 0.4) is 0 Å². The number of aromatic hydroxyl groups is 1. The van der Waals surface area contributed by atoms with Gasteiger partial charge in [-0.3, -0.25) is 0 Å². The van der Waals surface area contributed by atoms with Crippen molar-refractivity contribution < 1.29 is 5.11 Å². The van der Waals surface area contributed by atoms with Crippen LogP contribution in [0.2, 0.25) is 0 Å². The maximum atomic E-state index is 10.4. The van der Waals surface area contributed by atoms with Crippen molar-refractivity contribution in [2.75, 3.05) is 0 Å². The third-order valence-electron chi connectivity index (χ3n) is 5.51. The number of benzene rings is 1. The Hall–Kier alpha value is -0.980. The Morgan fingerprint density at radius 2 is 1.25 bits per heavy atom. The first-order valence-electron chi connectivity index (χ1n) is 8.59. The molecule has 0 heterocycles. The highest BCUT2D eigenvalue weighted by atomic mass is 16.3. The molecule has 2 saturated carbocycles. The van der Waals surface area contributed by atoms with Gasteiger partial charge in [-0.15, -0.1) is 0 Å². The van der Waals surface area contributed by atoms with Crippen molar-refractivity contribution in [3.8, 4) is 5.75 Å². The van der Waals surface area contributed by atoms with Crippen LogP contribution in [0, 0.1) is 6.92 Å². The normalized spacial score (nSPS) is 22.1. The van der Waals surface area contributed by atoms with Gasteiger partial charge in [0, 0.05) is 0 Å². The molecular weight excluding hydrogens is 244 g/mol. The quantitative estimate of drug-likeness (QED) is 0.721. The van der Waals surface area contributed by atoms with E-state index in [0.717, 1.165) is 5.92 Å². The van der Waals surface area contributed by atoms with E-state index in [1.165, 1.54) is 80.9 Å². The lowest BCUT2D eigenvalue weighted by atomic mass is 9.78. The molecule has 1 aromatic carbocycles. The molecule has 1 aromatic rings. The molecule has 0 saturated heterocycles. The minimum absolute atomic E-state index is 0.550. The summed E-state index contributed by atoms with van der Waals surface area (Å²) in [5, 5.41) is 10.4. The van der Waals surface area contributed by atoms with E-state index in [9.17, 15) is 5.11 Å². The third-order valence-corrected chi connectivity index (χ3v) is 5.51. The van der Waals surface area contributed by atoms with Gasteiger partial charge in [-0.05, 0) is 67.2 Å². The van der Waals surface area contributed by atoms with E-state index in [1.54, 1.807) is 0 Å². The Morgan fingerprint density at radius 1 is 0.750 bits per heavy atom. The van der Waals surface area contributed by atoms with Crippen LogP contribution < -0.4 is 0 Å². The maximum Gasteiger partial charge on any atom is 0.119 e. The lowest BCUT2D eigenvalue weighted by molar-refractivity contribution is 0.410. The molecule has 110 valence electrons. The zero-order chi connectivity index (χ0) is 13.9. The fraction of sp³-hybridized carbons (Fsp3) is 0.684. The van der Waals surface area contributed by atoms with Gasteiger partial charge in [0.1, 0.15) is 5.75 Å². The molecule has 0 aliphatic heterocycles. The first-order chi connectivity index (χ1) is 9.75. The Morgan fingerprint density at radius 3 is 1.80 bits per heavy atom. The largest absolute Gasteiger partial charge is 0.508 e. The van der Waals surface area contributed by atoms with E-state index in [2.05, 4.69) is 13.0 Å².